The number of carboxylic acid groups (broad SMARTS) is 1. The van der Waals surface area contributed by atoms with Gasteiger partial charge in [0, 0.05) is 7.11 Å². The first-order chi connectivity index (χ1) is 10.2. The van der Waals surface area contributed by atoms with Crippen LogP contribution in [0.5, 0.6) is 5.75 Å². The van der Waals surface area contributed by atoms with E-state index in [0.29, 0.717) is 4.47 Å². The van der Waals surface area contributed by atoms with Gasteiger partial charge in [-0.2, -0.15) is 0 Å². The standard InChI is InChI=1S/C14H17BrFNO5/c1-8(22-11-5-4-9(16)6-10(11)15)12(18)17-14(2,7-21-3)13(19)20/h4-6,8H,7H2,1-3H3,(H,17,18)(H,19,20). The maximum absolute atomic E-state index is 13.0. The summed E-state index contributed by atoms with van der Waals surface area (Å²) < 4.78 is 23.6. The van der Waals surface area contributed by atoms with Crippen LogP contribution in [0, 0.1) is 5.82 Å². The van der Waals surface area contributed by atoms with Crippen LogP contribution in [0.25, 0.3) is 0 Å². The molecule has 22 heavy (non-hydrogen) atoms. The topological polar surface area (TPSA) is 84.9 Å². The first-order valence-corrected chi connectivity index (χ1v) is 7.15. The van der Waals surface area contributed by atoms with Gasteiger partial charge in [0.25, 0.3) is 5.91 Å². The Morgan fingerprint density at radius 2 is 2.14 bits per heavy atom. The van der Waals surface area contributed by atoms with E-state index in [0.717, 1.165) is 0 Å². The van der Waals surface area contributed by atoms with Crippen LogP contribution in [0.15, 0.2) is 22.7 Å². The van der Waals surface area contributed by atoms with Crippen LogP contribution < -0.4 is 10.1 Å². The molecule has 122 valence electrons. The van der Waals surface area contributed by atoms with E-state index in [-0.39, 0.29) is 12.4 Å². The maximum Gasteiger partial charge on any atom is 0.331 e. The number of amides is 1. The average Bonchev–Trinajstić information content (AvgIpc) is 2.41. The molecule has 0 spiro atoms. The van der Waals surface area contributed by atoms with Crippen LogP contribution in [0.3, 0.4) is 0 Å². The van der Waals surface area contributed by atoms with Crippen LogP contribution in [-0.2, 0) is 14.3 Å². The number of ether oxygens (including phenoxy) is 2. The van der Waals surface area contributed by atoms with Gasteiger partial charge in [0.15, 0.2) is 11.6 Å². The number of carboxylic acids is 1. The number of rotatable bonds is 7. The van der Waals surface area contributed by atoms with Crippen molar-refractivity contribution in [1.82, 2.24) is 5.32 Å². The summed E-state index contributed by atoms with van der Waals surface area (Å²) in [7, 11) is 1.34. The molecule has 1 amide bonds. The largest absolute Gasteiger partial charge is 0.480 e. The molecule has 0 aliphatic heterocycles. The lowest BCUT2D eigenvalue weighted by Gasteiger charge is -2.27. The number of hydrogen-bond acceptors (Lipinski definition) is 4. The molecule has 2 atom stereocenters. The van der Waals surface area contributed by atoms with Gasteiger partial charge in [-0.15, -0.1) is 0 Å². The first-order valence-electron chi connectivity index (χ1n) is 6.35. The molecule has 0 radical (unpaired) electrons. The summed E-state index contributed by atoms with van der Waals surface area (Å²) in [4.78, 5) is 23.3. The third kappa shape index (κ3) is 4.67. The van der Waals surface area contributed by atoms with Gasteiger partial charge in [-0.3, -0.25) is 4.79 Å². The number of methoxy groups -OCH3 is 1. The fourth-order valence-corrected chi connectivity index (χ4v) is 2.07. The molecule has 8 heteroatoms. The predicted molar refractivity (Wildman–Crippen MR) is 80.2 cm³/mol. The van der Waals surface area contributed by atoms with E-state index < -0.39 is 29.3 Å². The normalized spacial score (nSPS) is 14.8. The monoisotopic (exact) mass is 377 g/mol. The molecule has 0 aromatic heterocycles. The zero-order valence-electron chi connectivity index (χ0n) is 12.4. The van der Waals surface area contributed by atoms with Crippen molar-refractivity contribution in [3.63, 3.8) is 0 Å². The minimum atomic E-state index is -1.57. The molecule has 0 fully saturated rings. The Hall–Kier alpha value is -1.67. The third-order valence-corrected chi connectivity index (χ3v) is 3.49. The molecule has 1 aromatic carbocycles. The second kappa shape index (κ2) is 7.55. The Balaban J connectivity index is 2.78. The Morgan fingerprint density at radius 1 is 1.50 bits per heavy atom. The fraction of sp³-hybridized carbons (Fsp3) is 0.429. The fourth-order valence-electron chi connectivity index (χ4n) is 1.63. The predicted octanol–water partition coefficient (Wildman–Crippen LogP) is 1.96. The van der Waals surface area contributed by atoms with E-state index in [1.165, 1.54) is 39.2 Å². The van der Waals surface area contributed by atoms with Gasteiger partial charge in [-0.25, -0.2) is 9.18 Å². The summed E-state index contributed by atoms with van der Waals surface area (Å²) in [5.74, 6) is -2.03. The second-order valence-corrected chi connectivity index (χ2v) is 5.75. The number of halogens is 2. The molecule has 2 N–H and O–H groups in total. The van der Waals surface area contributed by atoms with Gasteiger partial charge in [-0.05, 0) is 48.0 Å². The number of nitrogens with one attached hydrogen (secondary N) is 1. The van der Waals surface area contributed by atoms with Crippen LogP contribution in [0.4, 0.5) is 4.39 Å². The highest BCUT2D eigenvalue weighted by molar-refractivity contribution is 9.10. The Bertz CT molecular complexity index is 568. The average molecular weight is 378 g/mol. The van der Waals surface area contributed by atoms with Gasteiger partial charge in [0.1, 0.15) is 11.6 Å². The minimum Gasteiger partial charge on any atom is -0.480 e. The van der Waals surface area contributed by atoms with Crippen molar-refractivity contribution < 1.29 is 28.6 Å². The number of aliphatic carboxylic acids is 1. The minimum absolute atomic E-state index is 0.193. The number of carbonyl (C=O) groups is 2. The second-order valence-electron chi connectivity index (χ2n) is 4.89. The number of carbonyl (C=O) groups excluding carboxylic acids is 1. The van der Waals surface area contributed by atoms with Crippen molar-refractivity contribution in [3.8, 4) is 5.75 Å². The third-order valence-electron chi connectivity index (χ3n) is 2.87. The van der Waals surface area contributed by atoms with E-state index in [1.807, 2.05) is 0 Å². The van der Waals surface area contributed by atoms with Crippen molar-refractivity contribution in [1.29, 1.82) is 0 Å². The molecule has 1 rings (SSSR count). The van der Waals surface area contributed by atoms with Crippen molar-refractivity contribution in [2.75, 3.05) is 13.7 Å². The smallest absolute Gasteiger partial charge is 0.331 e. The SMILES string of the molecule is COCC(C)(NC(=O)C(C)Oc1ccc(F)cc1Br)C(=O)O. The molecule has 0 bridgehead atoms. The molecule has 0 aliphatic rings. The van der Waals surface area contributed by atoms with E-state index in [1.54, 1.807) is 0 Å². The highest BCUT2D eigenvalue weighted by atomic mass is 79.9. The molecule has 0 aliphatic carbocycles. The lowest BCUT2D eigenvalue weighted by atomic mass is 10.0. The Morgan fingerprint density at radius 3 is 2.64 bits per heavy atom. The first kappa shape index (κ1) is 18.4. The quantitative estimate of drug-likeness (QED) is 0.758. The highest BCUT2D eigenvalue weighted by Crippen LogP contribution is 2.26. The molecule has 0 saturated heterocycles. The summed E-state index contributed by atoms with van der Waals surface area (Å²) >= 11 is 3.12. The van der Waals surface area contributed by atoms with E-state index in [4.69, 9.17) is 9.47 Å². The molecule has 6 nitrogen and oxygen atoms in total. The Kier molecular flexibility index (Phi) is 6.31. The Labute approximate surface area is 135 Å². The molecule has 0 saturated carbocycles. The van der Waals surface area contributed by atoms with Crippen molar-refractivity contribution in [2.45, 2.75) is 25.5 Å². The zero-order valence-corrected chi connectivity index (χ0v) is 13.9. The van der Waals surface area contributed by atoms with Crippen LogP contribution >= 0.6 is 15.9 Å². The summed E-state index contributed by atoms with van der Waals surface area (Å²) in [6, 6.07) is 3.76. The van der Waals surface area contributed by atoms with Gasteiger partial charge in [0.2, 0.25) is 0 Å². The lowest BCUT2D eigenvalue weighted by Crippen LogP contribution is -2.57. The van der Waals surface area contributed by atoms with E-state index in [9.17, 15) is 19.1 Å². The molecular formula is C14H17BrFNO5. The van der Waals surface area contributed by atoms with Crippen molar-refractivity contribution >= 4 is 27.8 Å². The van der Waals surface area contributed by atoms with Crippen LogP contribution in [-0.4, -0.2) is 42.3 Å². The summed E-state index contributed by atoms with van der Waals surface area (Å²) in [5, 5.41) is 11.5. The lowest BCUT2D eigenvalue weighted by molar-refractivity contribution is -0.150. The van der Waals surface area contributed by atoms with Crippen molar-refractivity contribution in [3.05, 3.63) is 28.5 Å². The van der Waals surface area contributed by atoms with Gasteiger partial charge in [0.05, 0.1) is 11.1 Å². The molecule has 0 heterocycles. The molecule has 2 unspecified atom stereocenters. The van der Waals surface area contributed by atoms with Crippen molar-refractivity contribution in [2.24, 2.45) is 0 Å². The highest BCUT2D eigenvalue weighted by Gasteiger charge is 2.36. The van der Waals surface area contributed by atoms with Crippen LogP contribution in [0.2, 0.25) is 0 Å². The van der Waals surface area contributed by atoms with Gasteiger partial charge >= 0.3 is 5.97 Å². The van der Waals surface area contributed by atoms with Gasteiger partial charge < -0.3 is 19.9 Å². The maximum atomic E-state index is 13.0. The number of benzene rings is 1. The summed E-state index contributed by atoms with van der Waals surface area (Å²) in [6.07, 6.45) is -0.975. The summed E-state index contributed by atoms with van der Waals surface area (Å²) in [6.45, 7) is 2.60. The van der Waals surface area contributed by atoms with E-state index in [2.05, 4.69) is 21.2 Å². The van der Waals surface area contributed by atoms with E-state index >= 15 is 0 Å². The van der Waals surface area contributed by atoms with Gasteiger partial charge in [-0.1, -0.05) is 0 Å². The zero-order chi connectivity index (χ0) is 16.9. The molecular weight excluding hydrogens is 361 g/mol. The molecule has 1 aromatic rings. The number of hydrogen-bond donors (Lipinski definition) is 2. The summed E-state index contributed by atoms with van der Waals surface area (Å²) in [5.41, 5.74) is -1.57. The van der Waals surface area contributed by atoms with Crippen LogP contribution in [0.1, 0.15) is 13.8 Å².